The van der Waals surface area contributed by atoms with Crippen LogP contribution in [0.5, 0.6) is 0 Å². The van der Waals surface area contributed by atoms with Crippen LogP contribution >= 0.6 is 22.6 Å². The van der Waals surface area contributed by atoms with Crippen molar-refractivity contribution in [1.29, 1.82) is 0 Å². The van der Waals surface area contributed by atoms with Crippen LogP contribution in [0.2, 0.25) is 0 Å². The molecule has 2 aliphatic heterocycles. The van der Waals surface area contributed by atoms with Crippen molar-refractivity contribution in [2.75, 3.05) is 6.61 Å². The summed E-state index contributed by atoms with van der Waals surface area (Å²) in [5, 5.41) is 49.1. The molecule has 1 unspecified atom stereocenters. The van der Waals surface area contributed by atoms with E-state index in [4.69, 9.17) is 14.2 Å². The van der Waals surface area contributed by atoms with Gasteiger partial charge < -0.3 is 39.7 Å². The second kappa shape index (κ2) is 8.04. The van der Waals surface area contributed by atoms with Gasteiger partial charge in [0.1, 0.15) is 34.6 Å². The Kier molecular flexibility index (Phi) is 6.23. The number of hydrogen-bond donors (Lipinski definition) is 6. The van der Waals surface area contributed by atoms with Gasteiger partial charge in [0, 0.05) is 12.3 Å². The second-order valence-electron chi connectivity index (χ2n) is 6.37. The van der Waals surface area contributed by atoms with Crippen molar-refractivity contribution in [3.8, 4) is 0 Å². The Morgan fingerprint density at radius 3 is 2.57 bits per heavy atom. The van der Waals surface area contributed by atoms with E-state index in [1.54, 1.807) is 22.6 Å². The Labute approximate surface area is 169 Å². The van der Waals surface area contributed by atoms with Crippen LogP contribution in [0.15, 0.2) is 21.9 Å². The zero-order chi connectivity index (χ0) is 20.8. The Balaban J connectivity index is 1.71. The van der Waals surface area contributed by atoms with Gasteiger partial charge in [-0.25, -0.2) is 9.18 Å². The van der Waals surface area contributed by atoms with E-state index in [0.717, 1.165) is 12.3 Å². The first-order valence-electron chi connectivity index (χ1n) is 8.05. The van der Waals surface area contributed by atoms with Crippen LogP contribution in [0, 0.1) is 0 Å². The summed E-state index contributed by atoms with van der Waals surface area (Å²) >= 11 is 1.57. The van der Waals surface area contributed by atoms with Crippen LogP contribution in [-0.2, 0) is 14.2 Å². The molecule has 3 heterocycles. The fraction of sp³-hybridized carbons (Fsp3) is 0.714. The molecule has 2 fully saturated rings. The van der Waals surface area contributed by atoms with Crippen molar-refractivity contribution in [3.63, 3.8) is 0 Å². The average molecular weight is 520 g/mol. The molecule has 2 aliphatic rings. The number of nitrogens with zero attached hydrogens (tertiary/aromatic N) is 1. The highest BCUT2D eigenvalue weighted by Gasteiger charge is 2.58. The minimum Gasteiger partial charge on any atom is -0.387 e. The van der Waals surface area contributed by atoms with Crippen molar-refractivity contribution in [1.82, 2.24) is 9.55 Å². The fourth-order valence-electron chi connectivity index (χ4n) is 2.97. The molecule has 12 nitrogen and oxygen atoms in total. The van der Waals surface area contributed by atoms with Crippen molar-refractivity contribution in [2.24, 2.45) is 0 Å². The molecule has 0 bridgehead atoms. The standard InChI is InChI=1S/C14H18FIN2O10/c15-14(25)9(22)4(27-12(14)18-2-1-5(19)17-13(18)24)3-26-11-7(21)6(20)8(28-11)10(16)23/h1-2,4,6-12,20-23,25H,3H2,(H,17,19,24)/t4-,6-,7-,8-,9-,10?,11+,12-,14-/m1/s1. The van der Waals surface area contributed by atoms with E-state index < -0.39 is 70.9 Å². The number of nitrogens with one attached hydrogen (secondary N) is 1. The monoisotopic (exact) mass is 520 g/mol. The Morgan fingerprint density at radius 1 is 1.32 bits per heavy atom. The smallest absolute Gasteiger partial charge is 0.330 e. The maximum Gasteiger partial charge on any atom is 0.330 e. The highest BCUT2D eigenvalue weighted by atomic mass is 127. The number of aliphatic hydroxyl groups is 5. The molecule has 0 radical (unpaired) electrons. The summed E-state index contributed by atoms with van der Waals surface area (Å²) in [6.45, 7) is -0.597. The van der Waals surface area contributed by atoms with Gasteiger partial charge in [-0.3, -0.25) is 14.3 Å². The molecule has 28 heavy (non-hydrogen) atoms. The predicted octanol–water partition coefficient (Wildman–Crippen LogP) is -3.33. The van der Waals surface area contributed by atoms with E-state index in [1.165, 1.54) is 0 Å². The topological polar surface area (TPSA) is 184 Å². The fourth-order valence-corrected chi connectivity index (χ4v) is 3.57. The summed E-state index contributed by atoms with van der Waals surface area (Å²) in [5.74, 6) is -3.40. The molecule has 2 saturated heterocycles. The molecule has 1 aromatic heterocycles. The second-order valence-corrected chi connectivity index (χ2v) is 7.65. The molecular formula is C14H18FIN2O10. The van der Waals surface area contributed by atoms with E-state index in [1.807, 2.05) is 4.98 Å². The Hall–Kier alpha value is -0.980. The number of ether oxygens (including phenoxy) is 3. The molecule has 158 valence electrons. The number of rotatable bonds is 5. The minimum atomic E-state index is -3.40. The number of hydrogen-bond acceptors (Lipinski definition) is 10. The lowest BCUT2D eigenvalue weighted by molar-refractivity contribution is -0.197. The molecule has 1 aromatic rings. The minimum absolute atomic E-state index is 0.553. The molecule has 3 rings (SSSR count). The molecule has 0 aromatic carbocycles. The van der Waals surface area contributed by atoms with Gasteiger partial charge in [0.15, 0.2) is 12.5 Å². The highest BCUT2D eigenvalue weighted by Crippen LogP contribution is 2.39. The SMILES string of the molecule is O=c1ccn([C@@H]2O[C@H](CO[C@H]3O[C@@H](C(O)I)[C@H](O)[C@H]3O)[C@@H](O)[C@]2(O)F)c(=O)[nH]1. The number of halogens is 2. The first-order valence-corrected chi connectivity index (χ1v) is 9.30. The van der Waals surface area contributed by atoms with E-state index in [0.29, 0.717) is 4.57 Å². The zero-order valence-corrected chi connectivity index (χ0v) is 16.1. The van der Waals surface area contributed by atoms with Gasteiger partial charge in [0.25, 0.3) is 11.4 Å². The van der Waals surface area contributed by atoms with Crippen LogP contribution in [-0.4, -0.2) is 88.5 Å². The summed E-state index contributed by atoms with van der Waals surface area (Å²) < 4.78 is 29.6. The van der Waals surface area contributed by atoms with Crippen LogP contribution in [0.4, 0.5) is 4.39 Å². The van der Waals surface area contributed by atoms with E-state index >= 15 is 0 Å². The molecule has 0 amide bonds. The lowest BCUT2D eigenvalue weighted by atomic mass is 10.1. The maximum absolute atomic E-state index is 14.6. The number of H-pyrrole nitrogens is 1. The average Bonchev–Trinajstić information content (AvgIpc) is 3.02. The number of aromatic nitrogens is 2. The molecule has 0 aliphatic carbocycles. The van der Waals surface area contributed by atoms with Crippen LogP contribution in [0.25, 0.3) is 0 Å². The Bertz CT molecular complexity index is 816. The normalized spacial score (nSPS) is 42.0. The van der Waals surface area contributed by atoms with Gasteiger partial charge in [-0.15, -0.1) is 0 Å². The molecule has 14 heteroatoms. The van der Waals surface area contributed by atoms with Crippen LogP contribution < -0.4 is 11.2 Å². The summed E-state index contributed by atoms with van der Waals surface area (Å²) in [6, 6.07) is 0.899. The van der Waals surface area contributed by atoms with Crippen molar-refractivity contribution in [2.45, 2.75) is 53.0 Å². The summed E-state index contributed by atoms with van der Waals surface area (Å²) in [7, 11) is 0. The van der Waals surface area contributed by atoms with E-state index in [9.17, 15) is 39.5 Å². The summed E-state index contributed by atoms with van der Waals surface area (Å²) in [4.78, 5) is 24.8. The van der Waals surface area contributed by atoms with Gasteiger partial charge in [0.2, 0.25) is 0 Å². The lowest BCUT2D eigenvalue weighted by Gasteiger charge is -2.23. The lowest BCUT2D eigenvalue weighted by Crippen LogP contribution is -2.46. The quantitative estimate of drug-likeness (QED) is 0.170. The molecule has 0 saturated carbocycles. The zero-order valence-electron chi connectivity index (χ0n) is 14.0. The van der Waals surface area contributed by atoms with Crippen LogP contribution in [0.1, 0.15) is 6.23 Å². The molecule has 0 spiro atoms. The molecule has 6 N–H and O–H groups in total. The highest BCUT2D eigenvalue weighted by molar-refractivity contribution is 14.1. The largest absolute Gasteiger partial charge is 0.387 e. The number of aromatic amines is 1. The van der Waals surface area contributed by atoms with Crippen molar-refractivity contribution < 1.29 is 44.1 Å². The molecule has 9 atom stereocenters. The van der Waals surface area contributed by atoms with Gasteiger partial charge >= 0.3 is 5.69 Å². The number of aliphatic hydroxyl groups excluding tert-OH is 4. The van der Waals surface area contributed by atoms with Crippen molar-refractivity contribution in [3.05, 3.63) is 33.1 Å². The van der Waals surface area contributed by atoms with Gasteiger partial charge in [-0.1, -0.05) is 0 Å². The van der Waals surface area contributed by atoms with Crippen molar-refractivity contribution >= 4 is 22.6 Å². The van der Waals surface area contributed by atoms with Gasteiger partial charge in [0.05, 0.1) is 6.61 Å². The predicted molar refractivity (Wildman–Crippen MR) is 94.0 cm³/mol. The number of alkyl halides is 2. The first kappa shape index (κ1) is 21.7. The van der Waals surface area contributed by atoms with E-state index in [-0.39, 0.29) is 0 Å². The maximum atomic E-state index is 14.6. The third-order valence-corrected chi connectivity index (χ3v) is 5.18. The molecular weight excluding hydrogens is 502 g/mol. The van der Waals surface area contributed by atoms with Gasteiger partial charge in [-0.2, -0.15) is 0 Å². The third-order valence-electron chi connectivity index (χ3n) is 4.47. The van der Waals surface area contributed by atoms with E-state index in [2.05, 4.69) is 0 Å². The third kappa shape index (κ3) is 3.88. The summed E-state index contributed by atoms with van der Waals surface area (Å²) in [6.07, 6.45) is -10.3. The Morgan fingerprint density at radius 2 is 2.00 bits per heavy atom. The first-order chi connectivity index (χ1) is 13.0. The van der Waals surface area contributed by atoms with Crippen LogP contribution in [0.3, 0.4) is 0 Å². The van der Waals surface area contributed by atoms with Gasteiger partial charge in [-0.05, 0) is 22.6 Å². The summed E-state index contributed by atoms with van der Waals surface area (Å²) in [5.41, 5.74) is -1.82.